The summed E-state index contributed by atoms with van der Waals surface area (Å²) in [7, 11) is -2.00. The fourth-order valence-corrected chi connectivity index (χ4v) is 3.98. The van der Waals surface area contributed by atoms with E-state index in [1.807, 2.05) is 12.1 Å². The smallest absolute Gasteiger partial charge is 0.257 e. The van der Waals surface area contributed by atoms with E-state index >= 15 is 0 Å². The lowest BCUT2D eigenvalue weighted by Crippen LogP contribution is -2.20. The number of sulfonamides is 1. The molecule has 0 bridgehead atoms. The van der Waals surface area contributed by atoms with Gasteiger partial charge in [0.1, 0.15) is 5.75 Å². The van der Waals surface area contributed by atoms with E-state index < -0.39 is 21.8 Å². The maximum Gasteiger partial charge on any atom is 0.257 e. The third-order valence-corrected chi connectivity index (χ3v) is 6.83. The first kappa shape index (κ1) is 26.7. The van der Waals surface area contributed by atoms with Crippen molar-refractivity contribution in [1.29, 1.82) is 0 Å². The second kappa shape index (κ2) is 10.8. The predicted molar refractivity (Wildman–Crippen MR) is 144 cm³/mol. The van der Waals surface area contributed by atoms with Crippen LogP contribution in [0.3, 0.4) is 0 Å². The zero-order valence-corrected chi connectivity index (χ0v) is 21.8. The molecule has 8 nitrogen and oxygen atoms in total. The van der Waals surface area contributed by atoms with Crippen LogP contribution >= 0.6 is 0 Å². The third kappa shape index (κ3) is 6.85. The molecule has 3 rings (SSSR count). The van der Waals surface area contributed by atoms with E-state index in [0.29, 0.717) is 17.0 Å². The SMILES string of the molecule is CCS(=O)(=O)Nc1ccc(C(=O)Nc2ccc(OC)cc2)c(NC(=O)c2ccc(C(C)(C)C)cc2)c1. The minimum Gasteiger partial charge on any atom is -0.497 e. The van der Waals surface area contributed by atoms with Crippen molar-refractivity contribution in [2.24, 2.45) is 0 Å². The number of carbonyl (C=O) groups is 2. The summed E-state index contributed by atoms with van der Waals surface area (Å²) in [4.78, 5) is 26.1. The highest BCUT2D eigenvalue weighted by atomic mass is 32.2. The molecule has 190 valence electrons. The Morgan fingerprint density at radius 1 is 0.833 bits per heavy atom. The topological polar surface area (TPSA) is 114 Å². The molecular weight excluding hydrogens is 478 g/mol. The number of carbonyl (C=O) groups excluding carboxylic acids is 2. The number of ether oxygens (including phenoxy) is 1. The molecule has 3 aromatic carbocycles. The van der Waals surface area contributed by atoms with Gasteiger partial charge in [0.15, 0.2) is 0 Å². The number of benzene rings is 3. The van der Waals surface area contributed by atoms with Crippen LogP contribution in [0.4, 0.5) is 17.1 Å². The van der Waals surface area contributed by atoms with Crippen molar-refractivity contribution < 1.29 is 22.7 Å². The Hall–Kier alpha value is -3.85. The second-order valence-corrected chi connectivity index (χ2v) is 11.2. The van der Waals surface area contributed by atoms with Gasteiger partial charge in [-0.05, 0) is 72.5 Å². The number of methoxy groups -OCH3 is 1. The Morgan fingerprint density at radius 3 is 2.00 bits per heavy atom. The maximum atomic E-state index is 13.1. The Kier molecular flexibility index (Phi) is 8.04. The van der Waals surface area contributed by atoms with Gasteiger partial charge in [-0.1, -0.05) is 32.9 Å². The fourth-order valence-electron chi connectivity index (χ4n) is 3.35. The van der Waals surface area contributed by atoms with Gasteiger partial charge in [-0.25, -0.2) is 8.42 Å². The molecule has 0 aliphatic heterocycles. The fraction of sp³-hybridized carbons (Fsp3) is 0.259. The van der Waals surface area contributed by atoms with Crippen LogP contribution < -0.4 is 20.1 Å². The maximum absolute atomic E-state index is 13.1. The highest BCUT2D eigenvalue weighted by Crippen LogP contribution is 2.26. The van der Waals surface area contributed by atoms with Gasteiger partial charge < -0.3 is 15.4 Å². The largest absolute Gasteiger partial charge is 0.497 e. The first-order chi connectivity index (χ1) is 16.9. The molecule has 3 aromatic rings. The van der Waals surface area contributed by atoms with Gasteiger partial charge in [-0.15, -0.1) is 0 Å². The summed E-state index contributed by atoms with van der Waals surface area (Å²) in [6.07, 6.45) is 0. The summed E-state index contributed by atoms with van der Waals surface area (Å²) in [5.74, 6) is -0.368. The van der Waals surface area contributed by atoms with Crippen molar-refractivity contribution in [3.8, 4) is 5.75 Å². The number of hydrogen-bond donors (Lipinski definition) is 3. The molecule has 0 aliphatic rings. The van der Waals surface area contributed by atoms with Crippen molar-refractivity contribution in [3.63, 3.8) is 0 Å². The molecule has 3 N–H and O–H groups in total. The van der Waals surface area contributed by atoms with Crippen LogP contribution in [0.2, 0.25) is 0 Å². The summed E-state index contributed by atoms with van der Waals surface area (Å²) < 4.78 is 31.7. The van der Waals surface area contributed by atoms with Crippen molar-refractivity contribution in [1.82, 2.24) is 0 Å². The summed E-state index contributed by atoms with van der Waals surface area (Å²) in [6.45, 7) is 7.76. The molecule has 0 unspecified atom stereocenters. The lowest BCUT2D eigenvalue weighted by Gasteiger charge is -2.19. The summed E-state index contributed by atoms with van der Waals surface area (Å²) in [5.41, 5.74) is 2.53. The Labute approximate surface area is 212 Å². The van der Waals surface area contributed by atoms with Gasteiger partial charge in [-0.3, -0.25) is 14.3 Å². The Balaban J connectivity index is 1.91. The lowest BCUT2D eigenvalue weighted by atomic mass is 9.86. The molecule has 0 saturated heterocycles. The van der Waals surface area contributed by atoms with E-state index in [1.165, 1.54) is 25.1 Å². The zero-order chi connectivity index (χ0) is 26.5. The first-order valence-electron chi connectivity index (χ1n) is 11.4. The molecule has 0 aliphatic carbocycles. The number of anilines is 3. The van der Waals surface area contributed by atoms with Crippen LogP contribution in [0.1, 0.15) is 54.0 Å². The summed E-state index contributed by atoms with van der Waals surface area (Å²) in [6, 6.07) is 18.4. The molecule has 2 amide bonds. The van der Waals surface area contributed by atoms with Gasteiger partial charge in [-0.2, -0.15) is 0 Å². The lowest BCUT2D eigenvalue weighted by molar-refractivity contribution is 0.102. The molecular formula is C27H31N3O5S. The standard InChI is InChI=1S/C27H31N3O5S/c1-6-36(33,34)30-21-13-16-23(26(32)28-20-11-14-22(35-5)15-12-20)24(17-21)29-25(31)18-7-9-19(10-8-18)27(2,3)4/h7-17,30H,6H2,1-5H3,(H,28,32)(H,29,31). The minimum absolute atomic E-state index is 0.0630. The number of rotatable bonds is 8. The van der Waals surface area contributed by atoms with Crippen LogP contribution in [0.25, 0.3) is 0 Å². The number of hydrogen-bond acceptors (Lipinski definition) is 5. The van der Waals surface area contributed by atoms with Gasteiger partial charge in [0, 0.05) is 11.3 Å². The van der Waals surface area contributed by atoms with Crippen LogP contribution in [0, 0.1) is 0 Å². The number of amides is 2. The van der Waals surface area contributed by atoms with Crippen molar-refractivity contribution in [2.75, 3.05) is 28.2 Å². The molecule has 0 heterocycles. The van der Waals surface area contributed by atoms with Gasteiger partial charge in [0.25, 0.3) is 11.8 Å². The van der Waals surface area contributed by atoms with Crippen LogP contribution in [0.15, 0.2) is 66.7 Å². The average molecular weight is 510 g/mol. The molecule has 0 atom stereocenters. The molecule has 0 radical (unpaired) electrons. The molecule has 9 heteroatoms. The molecule has 0 aromatic heterocycles. The predicted octanol–water partition coefficient (Wildman–Crippen LogP) is 5.26. The third-order valence-electron chi connectivity index (χ3n) is 5.53. The van der Waals surface area contributed by atoms with Crippen LogP contribution in [0.5, 0.6) is 5.75 Å². The highest BCUT2D eigenvalue weighted by Gasteiger charge is 2.19. The normalized spacial score (nSPS) is 11.5. The quantitative estimate of drug-likeness (QED) is 0.383. The Morgan fingerprint density at radius 2 is 1.44 bits per heavy atom. The van der Waals surface area contributed by atoms with Crippen LogP contribution in [-0.2, 0) is 15.4 Å². The van der Waals surface area contributed by atoms with Gasteiger partial charge in [0.05, 0.1) is 29.8 Å². The average Bonchev–Trinajstić information content (AvgIpc) is 2.84. The molecule has 36 heavy (non-hydrogen) atoms. The first-order valence-corrected chi connectivity index (χ1v) is 13.1. The monoisotopic (exact) mass is 509 g/mol. The minimum atomic E-state index is -3.55. The van der Waals surface area contributed by atoms with E-state index in [1.54, 1.807) is 43.5 Å². The second-order valence-electron chi connectivity index (χ2n) is 9.23. The van der Waals surface area contributed by atoms with E-state index in [0.717, 1.165) is 5.56 Å². The highest BCUT2D eigenvalue weighted by molar-refractivity contribution is 7.92. The number of nitrogens with one attached hydrogen (secondary N) is 3. The van der Waals surface area contributed by atoms with E-state index in [2.05, 4.69) is 36.1 Å². The zero-order valence-electron chi connectivity index (χ0n) is 21.0. The molecule has 0 spiro atoms. The van der Waals surface area contributed by atoms with Crippen molar-refractivity contribution in [2.45, 2.75) is 33.1 Å². The molecule has 0 saturated carbocycles. The Bertz CT molecular complexity index is 1340. The van der Waals surface area contributed by atoms with Crippen molar-refractivity contribution in [3.05, 3.63) is 83.4 Å². The van der Waals surface area contributed by atoms with E-state index in [9.17, 15) is 18.0 Å². The summed E-state index contributed by atoms with van der Waals surface area (Å²) in [5, 5.41) is 5.54. The van der Waals surface area contributed by atoms with E-state index in [4.69, 9.17) is 4.74 Å². The van der Waals surface area contributed by atoms with Crippen molar-refractivity contribution >= 4 is 38.9 Å². The summed E-state index contributed by atoms with van der Waals surface area (Å²) >= 11 is 0. The van der Waals surface area contributed by atoms with Gasteiger partial charge in [0.2, 0.25) is 10.0 Å². The molecule has 0 fully saturated rings. The van der Waals surface area contributed by atoms with E-state index in [-0.39, 0.29) is 28.1 Å². The van der Waals surface area contributed by atoms with Crippen LogP contribution in [-0.4, -0.2) is 33.1 Å². The van der Waals surface area contributed by atoms with Gasteiger partial charge >= 0.3 is 0 Å².